The summed E-state index contributed by atoms with van der Waals surface area (Å²) in [6.45, 7) is 2.10. The summed E-state index contributed by atoms with van der Waals surface area (Å²) < 4.78 is 7.21. The van der Waals surface area contributed by atoms with Gasteiger partial charge in [0.2, 0.25) is 5.91 Å². The van der Waals surface area contributed by atoms with E-state index in [9.17, 15) is 4.79 Å². The normalized spacial score (nSPS) is 10.7. The molecule has 3 aromatic rings. The van der Waals surface area contributed by atoms with Crippen molar-refractivity contribution in [3.63, 3.8) is 0 Å². The highest BCUT2D eigenvalue weighted by molar-refractivity contribution is 7.99. The van der Waals surface area contributed by atoms with Crippen molar-refractivity contribution >= 4 is 35.0 Å². The number of thioether (sulfide) groups is 1. The van der Waals surface area contributed by atoms with Crippen LogP contribution in [0.15, 0.2) is 47.6 Å². The summed E-state index contributed by atoms with van der Waals surface area (Å²) in [5.41, 5.74) is 2.76. The highest BCUT2D eigenvalue weighted by Gasteiger charge is 2.16. The van der Waals surface area contributed by atoms with Gasteiger partial charge in [-0.2, -0.15) is 0 Å². The molecule has 0 aliphatic carbocycles. The first kappa shape index (κ1) is 20.2. The number of carbonyl (C=O) groups excluding carboxylic acids is 1. The van der Waals surface area contributed by atoms with Gasteiger partial charge in [0.1, 0.15) is 5.75 Å². The average Bonchev–Trinajstić information content (AvgIpc) is 3.07. The van der Waals surface area contributed by atoms with E-state index in [1.165, 1.54) is 17.3 Å². The molecule has 0 saturated heterocycles. The third kappa shape index (κ3) is 4.66. The second-order valence-corrected chi connectivity index (χ2v) is 7.48. The molecular formula is C20H21ClN4O2S. The van der Waals surface area contributed by atoms with Gasteiger partial charge >= 0.3 is 0 Å². The lowest BCUT2D eigenvalue weighted by Crippen LogP contribution is -2.14. The third-order valence-corrected chi connectivity index (χ3v) is 5.47. The van der Waals surface area contributed by atoms with Gasteiger partial charge in [-0.05, 0) is 42.3 Å². The van der Waals surface area contributed by atoms with Crippen LogP contribution in [0.5, 0.6) is 5.75 Å². The highest BCUT2D eigenvalue weighted by Crippen LogP contribution is 2.32. The molecule has 0 unspecified atom stereocenters. The molecule has 0 spiro atoms. The van der Waals surface area contributed by atoms with E-state index in [2.05, 4.69) is 22.4 Å². The monoisotopic (exact) mass is 416 g/mol. The van der Waals surface area contributed by atoms with E-state index in [1.54, 1.807) is 25.3 Å². The number of carbonyl (C=O) groups is 1. The number of nitrogens with one attached hydrogen (secondary N) is 1. The highest BCUT2D eigenvalue weighted by atomic mass is 35.5. The molecule has 0 atom stereocenters. The summed E-state index contributed by atoms with van der Waals surface area (Å²) in [4.78, 5) is 12.2. The number of anilines is 1. The maximum atomic E-state index is 12.2. The smallest absolute Gasteiger partial charge is 0.234 e. The minimum Gasteiger partial charge on any atom is -0.496 e. The van der Waals surface area contributed by atoms with Gasteiger partial charge in [-0.3, -0.25) is 4.79 Å². The fraction of sp³-hybridized carbons (Fsp3) is 0.250. The fourth-order valence-electron chi connectivity index (χ4n) is 2.68. The molecule has 0 aliphatic rings. The van der Waals surface area contributed by atoms with Gasteiger partial charge in [0.15, 0.2) is 11.0 Å². The average molecular weight is 417 g/mol. The van der Waals surface area contributed by atoms with Crippen LogP contribution in [-0.2, 0) is 18.3 Å². The third-order valence-electron chi connectivity index (χ3n) is 4.22. The number of nitrogens with zero attached hydrogens (tertiary/aromatic N) is 3. The molecule has 0 bridgehead atoms. The quantitative estimate of drug-likeness (QED) is 0.577. The van der Waals surface area contributed by atoms with Gasteiger partial charge in [0, 0.05) is 17.8 Å². The van der Waals surface area contributed by atoms with Crippen LogP contribution in [0, 0.1) is 0 Å². The Morgan fingerprint density at radius 3 is 2.64 bits per heavy atom. The summed E-state index contributed by atoms with van der Waals surface area (Å²) in [5, 5.41) is 12.5. The van der Waals surface area contributed by atoms with E-state index in [-0.39, 0.29) is 11.7 Å². The molecule has 0 fully saturated rings. The van der Waals surface area contributed by atoms with Crippen LogP contribution in [0.4, 0.5) is 5.69 Å². The van der Waals surface area contributed by atoms with Gasteiger partial charge in [-0.1, -0.05) is 42.4 Å². The lowest BCUT2D eigenvalue weighted by atomic mass is 10.1. The van der Waals surface area contributed by atoms with E-state index in [0.717, 1.165) is 17.7 Å². The molecule has 0 radical (unpaired) electrons. The van der Waals surface area contributed by atoms with Crippen LogP contribution < -0.4 is 10.1 Å². The molecule has 1 amide bonds. The summed E-state index contributed by atoms with van der Waals surface area (Å²) in [6, 6.07) is 13.2. The minimum absolute atomic E-state index is 0.0980. The molecule has 8 heteroatoms. The van der Waals surface area contributed by atoms with E-state index in [0.29, 0.717) is 21.8 Å². The van der Waals surface area contributed by atoms with Gasteiger partial charge in [-0.25, -0.2) is 0 Å². The second-order valence-electron chi connectivity index (χ2n) is 6.10. The molecule has 6 nitrogen and oxygen atoms in total. The van der Waals surface area contributed by atoms with Crippen molar-refractivity contribution in [2.75, 3.05) is 18.2 Å². The molecule has 1 heterocycles. The van der Waals surface area contributed by atoms with Gasteiger partial charge < -0.3 is 14.6 Å². The Kier molecular flexibility index (Phi) is 6.59. The number of benzene rings is 2. The lowest BCUT2D eigenvalue weighted by molar-refractivity contribution is -0.113. The Hall–Kier alpha value is -2.51. The number of aryl methyl sites for hydroxylation is 1. The summed E-state index contributed by atoms with van der Waals surface area (Å²) in [5.74, 6) is 1.41. The lowest BCUT2D eigenvalue weighted by Gasteiger charge is -2.09. The number of ether oxygens (including phenoxy) is 1. The SMILES string of the molecule is CCc1ccc(NC(=O)CSc2nnc(-c3cc(Cl)ccc3OC)n2C)cc1. The number of rotatable bonds is 7. The predicted molar refractivity (Wildman–Crippen MR) is 113 cm³/mol. The van der Waals surface area contributed by atoms with Crippen LogP contribution in [0.1, 0.15) is 12.5 Å². The van der Waals surface area contributed by atoms with Crippen molar-refractivity contribution in [3.8, 4) is 17.1 Å². The molecule has 1 aromatic heterocycles. The largest absolute Gasteiger partial charge is 0.496 e. The molecule has 0 aliphatic heterocycles. The van der Waals surface area contributed by atoms with Crippen molar-refractivity contribution < 1.29 is 9.53 Å². The van der Waals surface area contributed by atoms with Gasteiger partial charge in [-0.15, -0.1) is 10.2 Å². The fourth-order valence-corrected chi connectivity index (χ4v) is 3.56. The van der Waals surface area contributed by atoms with E-state index >= 15 is 0 Å². The van der Waals surface area contributed by atoms with Crippen molar-refractivity contribution in [1.29, 1.82) is 0 Å². The van der Waals surface area contributed by atoms with Crippen LogP contribution in [0.25, 0.3) is 11.4 Å². The molecule has 2 aromatic carbocycles. The van der Waals surface area contributed by atoms with Gasteiger partial charge in [0.25, 0.3) is 0 Å². The molecule has 3 rings (SSSR count). The number of aromatic nitrogens is 3. The zero-order valence-electron chi connectivity index (χ0n) is 15.9. The Balaban J connectivity index is 1.67. The standard InChI is InChI=1S/C20H21ClN4O2S/c1-4-13-5-8-15(9-6-13)22-18(26)12-28-20-24-23-19(25(20)2)16-11-14(21)7-10-17(16)27-3/h5-11H,4,12H2,1-3H3,(H,22,26). The minimum atomic E-state index is -0.0980. The first-order valence-corrected chi connectivity index (χ1v) is 10.1. The van der Waals surface area contributed by atoms with Crippen LogP contribution in [0.3, 0.4) is 0 Å². The number of hydrogen-bond donors (Lipinski definition) is 1. The number of amides is 1. The predicted octanol–water partition coefficient (Wildman–Crippen LogP) is 4.44. The van der Waals surface area contributed by atoms with Crippen LogP contribution >= 0.6 is 23.4 Å². The maximum Gasteiger partial charge on any atom is 0.234 e. The molecular weight excluding hydrogens is 396 g/mol. The Morgan fingerprint density at radius 1 is 1.21 bits per heavy atom. The molecule has 0 saturated carbocycles. The second kappa shape index (κ2) is 9.12. The maximum absolute atomic E-state index is 12.2. The van der Waals surface area contributed by atoms with E-state index < -0.39 is 0 Å². The topological polar surface area (TPSA) is 69.0 Å². The van der Waals surface area contributed by atoms with Crippen molar-refractivity contribution in [2.45, 2.75) is 18.5 Å². The van der Waals surface area contributed by atoms with E-state index in [1.807, 2.05) is 35.9 Å². The van der Waals surface area contributed by atoms with Crippen LogP contribution in [0.2, 0.25) is 5.02 Å². The Bertz CT molecular complexity index is 973. The molecule has 28 heavy (non-hydrogen) atoms. The Morgan fingerprint density at radius 2 is 1.96 bits per heavy atom. The number of hydrogen-bond acceptors (Lipinski definition) is 5. The molecule has 146 valence electrons. The van der Waals surface area contributed by atoms with Crippen molar-refractivity contribution in [3.05, 3.63) is 53.1 Å². The van der Waals surface area contributed by atoms with E-state index in [4.69, 9.17) is 16.3 Å². The van der Waals surface area contributed by atoms with Crippen molar-refractivity contribution in [1.82, 2.24) is 14.8 Å². The van der Waals surface area contributed by atoms with Gasteiger partial charge in [0.05, 0.1) is 18.4 Å². The zero-order chi connectivity index (χ0) is 20.1. The number of methoxy groups -OCH3 is 1. The summed E-state index contributed by atoms with van der Waals surface area (Å²) in [6.07, 6.45) is 0.968. The summed E-state index contributed by atoms with van der Waals surface area (Å²) in [7, 11) is 3.44. The Labute approximate surface area is 173 Å². The van der Waals surface area contributed by atoms with Crippen LogP contribution in [-0.4, -0.2) is 33.5 Å². The summed E-state index contributed by atoms with van der Waals surface area (Å²) >= 11 is 7.43. The first-order valence-electron chi connectivity index (χ1n) is 8.76. The number of halogens is 1. The molecule has 1 N–H and O–H groups in total. The van der Waals surface area contributed by atoms with Crippen molar-refractivity contribution in [2.24, 2.45) is 7.05 Å². The first-order chi connectivity index (χ1) is 13.5. The zero-order valence-corrected chi connectivity index (χ0v) is 17.5.